The Balaban J connectivity index is 2.50. The normalized spacial score (nSPS) is 18.5. The fourth-order valence-corrected chi connectivity index (χ4v) is 2.17. The van der Waals surface area contributed by atoms with Crippen molar-refractivity contribution in [2.75, 3.05) is 12.8 Å². The van der Waals surface area contributed by atoms with Gasteiger partial charge in [-0.15, -0.1) is 11.8 Å². The van der Waals surface area contributed by atoms with Crippen LogP contribution in [0.5, 0.6) is 5.75 Å². The lowest BCUT2D eigenvalue weighted by atomic mass is 10.1. The van der Waals surface area contributed by atoms with Crippen LogP contribution < -0.4 is 4.74 Å². The van der Waals surface area contributed by atoms with Gasteiger partial charge in [-0.05, 0) is 32.2 Å². The lowest BCUT2D eigenvalue weighted by Gasteiger charge is -2.23. The molecule has 1 heterocycles. The summed E-state index contributed by atoms with van der Waals surface area (Å²) in [6.07, 6.45) is 2.05. The van der Waals surface area contributed by atoms with Gasteiger partial charge >= 0.3 is 0 Å². The highest BCUT2D eigenvalue weighted by Crippen LogP contribution is 2.29. The fourth-order valence-electron chi connectivity index (χ4n) is 1.58. The summed E-state index contributed by atoms with van der Waals surface area (Å²) in [7, 11) is 0. The van der Waals surface area contributed by atoms with Gasteiger partial charge in [0.2, 0.25) is 0 Å². The Morgan fingerprint density at radius 2 is 2.07 bits per heavy atom. The summed E-state index contributed by atoms with van der Waals surface area (Å²) in [5.74, 6) is 0.938. The van der Waals surface area contributed by atoms with Crippen molar-refractivity contribution in [1.29, 1.82) is 0 Å². The molecule has 0 bridgehead atoms. The number of fused-ring (bicyclic) bond motifs is 1. The van der Waals surface area contributed by atoms with Gasteiger partial charge in [-0.25, -0.2) is 0 Å². The molecule has 15 heavy (non-hydrogen) atoms. The van der Waals surface area contributed by atoms with Gasteiger partial charge in [-0.1, -0.05) is 12.1 Å². The molecule has 0 N–H and O–H groups in total. The first-order valence-corrected chi connectivity index (χ1v) is 6.22. The third kappa shape index (κ3) is 2.17. The third-order valence-electron chi connectivity index (χ3n) is 2.30. The molecule has 0 fully saturated rings. The zero-order chi connectivity index (χ0) is 10.9. The van der Waals surface area contributed by atoms with Gasteiger partial charge in [-0.2, -0.15) is 0 Å². The predicted molar refractivity (Wildman–Crippen MR) is 66.1 cm³/mol. The fraction of sp³-hybridized carbons (Fsp3) is 0.417. The highest BCUT2D eigenvalue weighted by atomic mass is 32.2. The molecule has 2 nitrogen and oxygen atoms in total. The first-order valence-electron chi connectivity index (χ1n) is 4.99. The molecule has 0 amide bonds. The van der Waals surface area contributed by atoms with E-state index in [1.165, 1.54) is 0 Å². The number of thioether (sulfide) groups is 1. The third-order valence-corrected chi connectivity index (χ3v) is 3.04. The van der Waals surface area contributed by atoms with Crippen LogP contribution in [0, 0.1) is 0 Å². The van der Waals surface area contributed by atoms with E-state index in [1.807, 2.05) is 24.5 Å². The monoisotopic (exact) mass is 221 g/mol. The number of ether oxygens (including phenoxy) is 1. The first-order chi connectivity index (χ1) is 7.12. The second-order valence-electron chi connectivity index (χ2n) is 4.18. The molecule has 0 atom stereocenters. The van der Waals surface area contributed by atoms with Crippen LogP contribution in [0.4, 0.5) is 0 Å². The second-order valence-corrected chi connectivity index (χ2v) is 4.98. The topological polar surface area (TPSA) is 21.6 Å². The van der Waals surface area contributed by atoms with E-state index in [0.29, 0.717) is 6.54 Å². The average Bonchev–Trinajstić information content (AvgIpc) is 2.32. The van der Waals surface area contributed by atoms with Crippen LogP contribution in [0.15, 0.2) is 29.3 Å². The molecular formula is C12H15NOS. The molecule has 0 saturated heterocycles. The minimum Gasteiger partial charge on any atom is -0.485 e. The molecule has 1 aromatic carbocycles. The molecule has 2 rings (SSSR count). The minimum absolute atomic E-state index is 0.215. The molecule has 1 aromatic rings. The summed E-state index contributed by atoms with van der Waals surface area (Å²) in [5, 5.41) is 1.07. The van der Waals surface area contributed by atoms with Crippen molar-refractivity contribution >= 4 is 16.8 Å². The predicted octanol–water partition coefficient (Wildman–Crippen LogP) is 2.97. The summed E-state index contributed by atoms with van der Waals surface area (Å²) in [6.45, 7) is 4.84. The van der Waals surface area contributed by atoms with E-state index in [2.05, 4.69) is 24.9 Å². The zero-order valence-electron chi connectivity index (χ0n) is 9.28. The number of rotatable bonds is 0. The maximum absolute atomic E-state index is 5.95. The second kappa shape index (κ2) is 3.89. The van der Waals surface area contributed by atoms with Gasteiger partial charge in [0.1, 0.15) is 16.4 Å². The van der Waals surface area contributed by atoms with Gasteiger partial charge in [-0.3, -0.25) is 4.99 Å². The number of aliphatic imine (C=N–C) groups is 1. The van der Waals surface area contributed by atoms with E-state index in [4.69, 9.17) is 4.74 Å². The number of para-hydroxylation sites is 1. The maximum Gasteiger partial charge on any atom is 0.130 e. The van der Waals surface area contributed by atoms with Crippen molar-refractivity contribution in [3.8, 4) is 5.75 Å². The smallest absolute Gasteiger partial charge is 0.130 e. The Bertz CT molecular complexity index is 398. The van der Waals surface area contributed by atoms with Crippen LogP contribution in [0.2, 0.25) is 0 Å². The molecule has 1 aliphatic rings. The average molecular weight is 221 g/mol. The van der Waals surface area contributed by atoms with Crippen LogP contribution in [-0.4, -0.2) is 23.4 Å². The Morgan fingerprint density at radius 3 is 2.80 bits per heavy atom. The summed E-state index contributed by atoms with van der Waals surface area (Å²) < 4.78 is 5.95. The number of benzene rings is 1. The van der Waals surface area contributed by atoms with E-state index in [-0.39, 0.29) is 5.60 Å². The molecule has 0 saturated carbocycles. The molecule has 0 unspecified atom stereocenters. The molecular weight excluding hydrogens is 206 g/mol. The van der Waals surface area contributed by atoms with Gasteiger partial charge in [0, 0.05) is 5.56 Å². The summed E-state index contributed by atoms with van der Waals surface area (Å²) >= 11 is 1.67. The van der Waals surface area contributed by atoms with Crippen molar-refractivity contribution in [3.05, 3.63) is 29.8 Å². The van der Waals surface area contributed by atoms with Crippen molar-refractivity contribution in [3.63, 3.8) is 0 Å². The molecule has 0 radical (unpaired) electrons. The SMILES string of the molecule is CSC1=NCC(C)(C)Oc2ccccc21. The molecule has 1 aliphatic heterocycles. The quantitative estimate of drug-likeness (QED) is 0.671. The summed E-state index contributed by atoms with van der Waals surface area (Å²) in [6, 6.07) is 8.09. The lowest BCUT2D eigenvalue weighted by molar-refractivity contribution is 0.121. The summed E-state index contributed by atoms with van der Waals surface area (Å²) in [5.41, 5.74) is 0.892. The van der Waals surface area contributed by atoms with E-state index in [0.717, 1.165) is 16.4 Å². The van der Waals surface area contributed by atoms with Crippen LogP contribution in [-0.2, 0) is 0 Å². The van der Waals surface area contributed by atoms with Gasteiger partial charge in [0.15, 0.2) is 0 Å². The van der Waals surface area contributed by atoms with Crippen molar-refractivity contribution < 1.29 is 4.74 Å². The lowest BCUT2D eigenvalue weighted by Crippen LogP contribution is -2.31. The molecule has 0 aromatic heterocycles. The van der Waals surface area contributed by atoms with E-state index < -0.39 is 0 Å². The van der Waals surface area contributed by atoms with E-state index in [9.17, 15) is 0 Å². The largest absolute Gasteiger partial charge is 0.485 e. The van der Waals surface area contributed by atoms with Gasteiger partial charge < -0.3 is 4.74 Å². The zero-order valence-corrected chi connectivity index (χ0v) is 10.1. The molecule has 0 aliphatic carbocycles. The van der Waals surface area contributed by atoms with Crippen LogP contribution in [0.3, 0.4) is 0 Å². The highest BCUT2D eigenvalue weighted by molar-refractivity contribution is 8.13. The minimum atomic E-state index is -0.215. The molecule has 0 spiro atoms. The number of nitrogens with zero attached hydrogens (tertiary/aromatic N) is 1. The number of hydrogen-bond donors (Lipinski definition) is 0. The van der Waals surface area contributed by atoms with Crippen molar-refractivity contribution in [1.82, 2.24) is 0 Å². The highest BCUT2D eigenvalue weighted by Gasteiger charge is 2.25. The Labute approximate surface area is 94.7 Å². The van der Waals surface area contributed by atoms with Crippen molar-refractivity contribution in [2.24, 2.45) is 4.99 Å². The van der Waals surface area contributed by atoms with Crippen LogP contribution in [0.1, 0.15) is 19.4 Å². The van der Waals surface area contributed by atoms with Crippen LogP contribution >= 0.6 is 11.8 Å². The summed E-state index contributed by atoms with van der Waals surface area (Å²) in [4.78, 5) is 4.59. The Hall–Kier alpha value is -0.960. The van der Waals surface area contributed by atoms with E-state index >= 15 is 0 Å². The molecule has 80 valence electrons. The standard InChI is InChI=1S/C12H15NOS/c1-12(2)8-13-11(15-3)9-6-4-5-7-10(9)14-12/h4-7H,8H2,1-3H3. The maximum atomic E-state index is 5.95. The van der Waals surface area contributed by atoms with Gasteiger partial charge in [0.25, 0.3) is 0 Å². The van der Waals surface area contributed by atoms with Gasteiger partial charge in [0.05, 0.1) is 6.54 Å². The first kappa shape index (κ1) is 10.6. The van der Waals surface area contributed by atoms with E-state index in [1.54, 1.807) is 11.8 Å². The Kier molecular flexibility index (Phi) is 2.74. The Morgan fingerprint density at radius 1 is 1.33 bits per heavy atom. The van der Waals surface area contributed by atoms with Crippen LogP contribution in [0.25, 0.3) is 0 Å². The molecule has 3 heteroatoms. The van der Waals surface area contributed by atoms with Crippen molar-refractivity contribution in [2.45, 2.75) is 19.4 Å². The number of hydrogen-bond acceptors (Lipinski definition) is 3.